The van der Waals surface area contributed by atoms with Crippen molar-refractivity contribution in [2.45, 2.75) is 58.3 Å². The summed E-state index contributed by atoms with van der Waals surface area (Å²) in [5, 5.41) is 4.09. The number of rotatable bonds is 9. The molecule has 27 heavy (non-hydrogen) atoms. The Morgan fingerprint density at radius 3 is 2.78 bits per heavy atom. The number of carbonyl (C=O) groups is 1. The van der Waals surface area contributed by atoms with Crippen LogP contribution in [0.2, 0.25) is 0 Å². The zero-order chi connectivity index (χ0) is 19.1. The molecule has 2 aliphatic rings. The van der Waals surface area contributed by atoms with Crippen LogP contribution in [-0.2, 0) is 20.7 Å². The van der Waals surface area contributed by atoms with Crippen molar-refractivity contribution in [1.29, 1.82) is 0 Å². The molecular formula is C20H33N3O4. The van der Waals surface area contributed by atoms with Crippen LogP contribution in [-0.4, -0.2) is 60.5 Å². The first kappa shape index (κ1) is 20.3. The molecule has 1 aromatic heterocycles. The standard InChI is InChI=1S/C20H33N3O4/c1-3-16(4-2)20(24)23-9-5-17(13-23)19-21-18(22-27-19)8-12-26-14-15-6-10-25-11-7-15/h15-17H,3-14H2,1-2H3. The lowest BCUT2D eigenvalue weighted by atomic mass is 10.0. The highest BCUT2D eigenvalue weighted by atomic mass is 16.5. The quantitative estimate of drug-likeness (QED) is 0.614. The van der Waals surface area contributed by atoms with Crippen molar-refractivity contribution in [2.75, 3.05) is 39.5 Å². The molecule has 3 rings (SSSR count). The molecule has 7 nitrogen and oxygen atoms in total. The van der Waals surface area contributed by atoms with Gasteiger partial charge in [0.2, 0.25) is 11.8 Å². The Kier molecular flexibility index (Phi) is 7.64. The van der Waals surface area contributed by atoms with Crippen molar-refractivity contribution in [3.8, 4) is 0 Å². The Morgan fingerprint density at radius 2 is 2.04 bits per heavy atom. The molecule has 3 heterocycles. The van der Waals surface area contributed by atoms with Crippen LogP contribution in [0.4, 0.5) is 0 Å². The van der Waals surface area contributed by atoms with E-state index < -0.39 is 0 Å². The lowest BCUT2D eigenvalue weighted by Crippen LogP contribution is -2.33. The lowest BCUT2D eigenvalue weighted by Gasteiger charge is -2.21. The van der Waals surface area contributed by atoms with Crippen LogP contribution < -0.4 is 0 Å². The monoisotopic (exact) mass is 379 g/mol. The minimum absolute atomic E-state index is 0.134. The van der Waals surface area contributed by atoms with Crippen LogP contribution >= 0.6 is 0 Å². The van der Waals surface area contributed by atoms with Crippen molar-refractivity contribution < 1.29 is 18.8 Å². The van der Waals surface area contributed by atoms with E-state index in [2.05, 4.69) is 24.0 Å². The van der Waals surface area contributed by atoms with E-state index in [0.717, 1.165) is 58.5 Å². The molecule has 0 N–H and O–H groups in total. The van der Waals surface area contributed by atoms with Crippen LogP contribution in [0.1, 0.15) is 63.6 Å². The third-order valence-electron chi connectivity index (χ3n) is 5.83. The molecule has 1 atom stereocenters. The molecule has 0 aliphatic carbocycles. The lowest BCUT2D eigenvalue weighted by molar-refractivity contribution is -0.134. The Balaban J connectivity index is 1.40. The van der Waals surface area contributed by atoms with Crippen molar-refractivity contribution in [1.82, 2.24) is 15.0 Å². The van der Waals surface area contributed by atoms with Crippen molar-refractivity contribution >= 4 is 5.91 Å². The van der Waals surface area contributed by atoms with Gasteiger partial charge in [0.1, 0.15) is 0 Å². The number of amides is 1. The molecule has 0 aromatic carbocycles. The number of ether oxygens (including phenoxy) is 2. The first-order valence-electron chi connectivity index (χ1n) is 10.5. The van der Waals surface area contributed by atoms with Gasteiger partial charge in [0.25, 0.3) is 0 Å². The second-order valence-electron chi connectivity index (χ2n) is 7.71. The molecule has 7 heteroatoms. The van der Waals surface area contributed by atoms with Gasteiger partial charge in [0.05, 0.1) is 12.5 Å². The van der Waals surface area contributed by atoms with Crippen molar-refractivity contribution in [3.05, 3.63) is 11.7 Å². The minimum Gasteiger partial charge on any atom is -0.381 e. The van der Waals surface area contributed by atoms with E-state index in [-0.39, 0.29) is 17.7 Å². The van der Waals surface area contributed by atoms with Gasteiger partial charge in [-0.3, -0.25) is 4.79 Å². The highest BCUT2D eigenvalue weighted by molar-refractivity contribution is 5.79. The predicted octanol–water partition coefficient (Wildman–Crippen LogP) is 2.81. The normalized spacial score (nSPS) is 21.3. The van der Waals surface area contributed by atoms with Gasteiger partial charge in [0, 0.05) is 45.2 Å². The Labute approximate surface area is 161 Å². The number of nitrogens with zero attached hydrogens (tertiary/aromatic N) is 3. The van der Waals surface area contributed by atoms with Gasteiger partial charge < -0.3 is 18.9 Å². The number of likely N-dealkylation sites (tertiary alicyclic amines) is 1. The summed E-state index contributed by atoms with van der Waals surface area (Å²) < 4.78 is 16.6. The number of carbonyl (C=O) groups excluding carboxylic acids is 1. The topological polar surface area (TPSA) is 77.7 Å². The maximum Gasteiger partial charge on any atom is 0.231 e. The van der Waals surface area contributed by atoms with Gasteiger partial charge >= 0.3 is 0 Å². The molecule has 1 unspecified atom stereocenters. The molecule has 0 radical (unpaired) electrons. The van der Waals surface area contributed by atoms with Gasteiger partial charge in [-0.1, -0.05) is 19.0 Å². The minimum atomic E-state index is 0.134. The van der Waals surface area contributed by atoms with E-state index in [0.29, 0.717) is 37.2 Å². The fourth-order valence-corrected chi connectivity index (χ4v) is 3.92. The van der Waals surface area contributed by atoms with Gasteiger partial charge in [0.15, 0.2) is 5.82 Å². The number of hydrogen-bond donors (Lipinski definition) is 0. The molecule has 0 bridgehead atoms. The summed E-state index contributed by atoms with van der Waals surface area (Å²) in [6, 6.07) is 0. The molecule has 0 spiro atoms. The molecular weight excluding hydrogens is 346 g/mol. The highest BCUT2D eigenvalue weighted by Gasteiger charge is 2.33. The fraction of sp³-hybridized carbons (Fsp3) is 0.850. The number of aromatic nitrogens is 2. The molecule has 0 saturated carbocycles. The first-order valence-corrected chi connectivity index (χ1v) is 10.5. The largest absolute Gasteiger partial charge is 0.381 e. The average Bonchev–Trinajstić information content (AvgIpc) is 3.36. The Morgan fingerprint density at radius 1 is 1.26 bits per heavy atom. The van der Waals surface area contributed by atoms with Gasteiger partial charge in [-0.25, -0.2) is 0 Å². The summed E-state index contributed by atoms with van der Waals surface area (Å²) in [6.07, 6.45) is 5.52. The number of hydrogen-bond acceptors (Lipinski definition) is 6. The van der Waals surface area contributed by atoms with Gasteiger partial charge in [-0.15, -0.1) is 0 Å². The Hall–Kier alpha value is -1.47. The van der Waals surface area contributed by atoms with E-state index in [1.165, 1.54) is 0 Å². The van der Waals surface area contributed by atoms with Crippen molar-refractivity contribution in [2.24, 2.45) is 11.8 Å². The van der Waals surface area contributed by atoms with Gasteiger partial charge in [-0.05, 0) is 38.0 Å². The molecule has 2 aliphatic heterocycles. The van der Waals surface area contributed by atoms with Crippen LogP contribution in [0.15, 0.2) is 4.52 Å². The summed E-state index contributed by atoms with van der Waals surface area (Å²) >= 11 is 0. The van der Waals surface area contributed by atoms with Gasteiger partial charge in [-0.2, -0.15) is 4.98 Å². The summed E-state index contributed by atoms with van der Waals surface area (Å²) in [6.45, 7) is 8.72. The van der Waals surface area contributed by atoms with Crippen LogP contribution in [0, 0.1) is 11.8 Å². The van der Waals surface area contributed by atoms with Crippen LogP contribution in [0.25, 0.3) is 0 Å². The third-order valence-corrected chi connectivity index (χ3v) is 5.83. The zero-order valence-corrected chi connectivity index (χ0v) is 16.7. The first-order chi connectivity index (χ1) is 13.2. The zero-order valence-electron chi connectivity index (χ0n) is 16.7. The smallest absolute Gasteiger partial charge is 0.231 e. The van der Waals surface area contributed by atoms with Crippen molar-refractivity contribution in [3.63, 3.8) is 0 Å². The molecule has 1 aromatic rings. The maximum atomic E-state index is 12.5. The SMILES string of the molecule is CCC(CC)C(=O)N1CCC(c2nc(CCOCC3CCOCC3)no2)C1. The summed E-state index contributed by atoms with van der Waals surface area (Å²) in [7, 11) is 0. The summed E-state index contributed by atoms with van der Waals surface area (Å²) in [5.41, 5.74) is 0. The summed E-state index contributed by atoms with van der Waals surface area (Å²) in [5.74, 6) is 2.53. The molecule has 2 saturated heterocycles. The van der Waals surface area contributed by atoms with E-state index >= 15 is 0 Å². The molecule has 152 valence electrons. The molecule has 1 amide bonds. The average molecular weight is 380 g/mol. The highest BCUT2D eigenvalue weighted by Crippen LogP contribution is 2.28. The summed E-state index contributed by atoms with van der Waals surface area (Å²) in [4.78, 5) is 19.0. The fourth-order valence-electron chi connectivity index (χ4n) is 3.92. The predicted molar refractivity (Wildman–Crippen MR) is 100 cm³/mol. The van der Waals surface area contributed by atoms with E-state index in [1.54, 1.807) is 0 Å². The second kappa shape index (κ2) is 10.2. The second-order valence-corrected chi connectivity index (χ2v) is 7.71. The maximum absolute atomic E-state index is 12.5. The third kappa shape index (κ3) is 5.51. The van der Waals surface area contributed by atoms with Crippen LogP contribution in [0.3, 0.4) is 0 Å². The molecule has 2 fully saturated rings. The van der Waals surface area contributed by atoms with Crippen LogP contribution in [0.5, 0.6) is 0 Å². The Bertz CT molecular complexity index is 582. The van der Waals surface area contributed by atoms with E-state index in [4.69, 9.17) is 14.0 Å². The van der Waals surface area contributed by atoms with E-state index in [1.807, 2.05) is 4.90 Å². The van der Waals surface area contributed by atoms with E-state index in [9.17, 15) is 4.79 Å².